The monoisotopic (exact) mass is 374 g/mol. The third kappa shape index (κ3) is 4.75. The molecule has 1 aromatic carbocycles. The lowest BCUT2D eigenvalue weighted by atomic mass is 9.72. The fourth-order valence-electron chi connectivity index (χ4n) is 4.06. The predicted octanol–water partition coefficient (Wildman–Crippen LogP) is 3.02. The van der Waals surface area contributed by atoms with Gasteiger partial charge >= 0.3 is 5.97 Å². The molecule has 2 fully saturated rings. The number of hydrogen-bond donors (Lipinski definition) is 1. The summed E-state index contributed by atoms with van der Waals surface area (Å²) in [6.45, 7) is 4.86. The lowest BCUT2D eigenvalue weighted by Crippen LogP contribution is -2.55. The van der Waals surface area contributed by atoms with Crippen LogP contribution in [0.1, 0.15) is 38.2 Å². The summed E-state index contributed by atoms with van der Waals surface area (Å²) in [5.74, 6) is -1.21. The van der Waals surface area contributed by atoms with E-state index in [1.54, 1.807) is 24.0 Å². The summed E-state index contributed by atoms with van der Waals surface area (Å²) in [6, 6.07) is 5.67. The average molecular weight is 374 g/mol. The SMILES string of the molecule is C[C@H](C(=O)O)N1CC2(CCC1=O)CCN(C/C=C/c1ccc(F)cc1)CC2. The summed E-state index contributed by atoms with van der Waals surface area (Å²) in [5.41, 5.74) is 1.03. The molecule has 0 radical (unpaired) electrons. The van der Waals surface area contributed by atoms with E-state index in [1.165, 1.54) is 12.1 Å². The molecule has 2 saturated heterocycles. The Labute approximate surface area is 159 Å². The largest absolute Gasteiger partial charge is 0.480 e. The van der Waals surface area contributed by atoms with Crippen LogP contribution in [0.25, 0.3) is 6.08 Å². The highest BCUT2D eigenvalue weighted by Gasteiger charge is 2.43. The molecule has 0 bridgehead atoms. The number of carbonyl (C=O) groups excluding carboxylic acids is 1. The smallest absolute Gasteiger partial charge is 0.326 e. The zero-order chi connectivity index (χ0) is 19.4. The van der Waals surface area contributed by atoms with Crippen molar-refractivity contribution in [2.75, 3.05) is 26.2 Å². The number of likely N-dealkylation sites (tertiary alicyclic amines) is 2. The Morgan fingerprint density at radius 3 is 2.56 bits per heavy atom. The summed E-state index contributed by atoms with van der Waals surface area (Å²) < 4.78 is 12.9. The van der Waals surface area contributed by atoms with E-state index in [1.807, 2.05) is 6.08 Å². The van der Waals surface area contributed by atoms with Crippen molar-refractivity contribution in [2.24, 2.45) is 5.41 Å². The van der Waals surface area contributed by atoms with E-state index in [0.717, 1.165) is 44.5 Å². The van der Waals surface area contributed by atoms with Crippen LogP contribution in [-0.4, -0.2) is 59.0 Å². The quantitative estimate of drug-likeness (QED) is 0.861. The van der Waals surface area contributed by atoms with Gasteiger partial charge in [-0.1, -0.05) is 24.3 Å². The van der Waals surface area contributed by atoms with Gasteiger partial charge in [0.05, 0.1) is 0 Å². The molecule has 1 atom stereocenters. The summed E-state index contributed by atoms with van der Waals surface area (Å²) in [5, 5.41) is 9.26. The van der Waals surface area contributed by atoms with Gasteiger partial charge in [0, 0.05) is 19.5 Å². The first kappa shape index (κ1) is 19.5. The van der Waals surface area contributed by atoms with Gasteiger partial charge in [-0.15, -0.1) is 0 Å². The van der Waals surface area contributed by atoms with Crippen LogP contribution in [0.5, 0.6) is 0 Å². The van der Waals surface area contributed by atoms with E-state index < -0.39 is 12.0 Å². The van der Waals surface area contributed by atoms with Gasteiger partial charge in [-0.05, 0) is 62.4 Å². The zero-order valence-corrected chi connectivity index (χ0v) is 15.7. The number of carbonyl (C=O) groups is 2. The average Bonchev–Trinajstić information content (AvgIpc) is 2.66. The van der Waals surface area contributed by atoms with Crippen molar-refractivity contribution in [1.29, 1.82) is 0 Å². The third-order valence-corrected chi connectivity index (χ3v) is 5.98. The molecule has 1 amide bonds. The second-order valence-corrected chi connectivity index (χ2v) is 7.79. The topological polar surface area (TPSA) is 60.9 Å². The number of benzene rings is 1. The Balaban J connectivity index is 1.52. The second-order valence-electron chi connectivity index (χ2n) is 7.79. The van der Waals surface area contributed by atoms with Crippen molar-refractivity contribution in [3.63, 3.8) is 0 Å². The summed E-state index contributed by atoms with van der Waals surface area (Å²) in [6.07, 6.45) is 7.35. The molecule has 2 aliphatic rings. The number of carboxylic acids is 1. The summed E-state index contributed by atoms with van der Waals surface area (Å²) in [7, 11) is 0. The molecule has 3 rings (SSSR count). The van der Waals surface area contributed by atoms with Crippen LogP contribution in [0.3, 0.4) is 0 Å². The summed E-state index contributed by atoms with van der Waals surface area (Å²) >= 11 is 0. The van der Waals surface area contributed by atoms with Gasteiger partial charge in [-0.25, -0.2) is 9.18 Å². The van der Waals surface area contributed by atoms with Gasteiger partial charge in [-0.2, -0.15) is 0 Å². The van der Waals surface area contributed by atoms with E-state index >= 15 is 0 Å². The number of aliphatic carboxylic acids is 1. The van der Waals surface area contributed by atoms with Crippen molar-refractivity contribution in [3.05, 3.63) is 41.7 Å². The molecule has 5 nitrogen and oxygen atoms in total. The first-order valence-electron chi connectivity index (χ1n) is 9.55. The first-order chi connectivity index (χ1) is 12.9. The van der Waals surface area contributed by atoms with Gasteiger partial charge in [0.1, 0.15) is 11.9 Å². The molecule has 0 unspecified atom stereocenters. The number of rotatable bonds is 5. The van der Waals surface area contributed by atoms with Gasteiger partial charge in [0.2, 0.25) is 5.91 Å². The third-order valence-electron chi connectivity index (χ3n) is 5.98. The van der Waals surface area contributed by atoms with Crippen molar-refractivity contribution in [2.45, 2.75) is 38.6 Å². The predicted molar refractivity (Wildman–Crippen MR) is 102 cm³/mol. The molecule has 0 aliphatic carbocycles. The minimum absolute atomic E-state index is 0.0415. The van der Waals surface area contributed by atoms with Crippen LogP contribution in [0, 0.1) is 11.2 Å². The Morgan fingerprint density at radius 1 is 1.26 bits per heavy atom. The van der Waals surface area contributed by atoms with E-state index in [4.69, 9.17) is 0 Å². The van der Waals surface area contributed by atoms with Gasteiger partial charge in [0.25, 0.3) is 0 Å². The Hall–Kier alpha value is -2.21. The molecule has 1 N–H and O–H groups in total. The zero-order valence-electron chi connectivity index (χ0n) is 15.7. The van der Waals surface area contributed by atoms with Crippen molar-refractivity contribution < 1.29 is 19.1 Å². The molecule has 0 saturated carbocycles. The molecule has 1 spiro atoms. The number of amides is 1. The minimum Gasteiger partial charge on any atom is -0.480 e. The molecule has 27 heavy (non-hydrogen) atoms. The fraction of sp³-hybridized carbons (Fsp3) is 0.524. The molecule has 2 heterocycles. The van der Waals surface area contributed by atoms with Gasteiger partial charge in [0.15, 0.2) is 0 Å². The fourth-order valence-corrected chi connectivity index (χ4v) is 4.06. The highest BCUT2D eigenvalue weighted by molar-refractivity contribution is 5.84. The molecule has 6 heteroatoms. The standard InChI is InChI=1S/C21H27FN2O3/c1-16(20(26)27)24-15-21(9-8-19(24)25)10-13-23(14-11-21)12-2-3-17-4-6-18(22)7-5-17/h2-7,16H,8-15H2,1H3,(H,26,27)/b3-2+/t16-/m1/s1. The van der Waals surface area contributed by atoms with E-state index in [0.29, 0.717) is 13.0 Å². The van der Waals surface area contributed by atoms with Crippen molar-refractivity contribution in [3.8, 4) is 0 Å². The maximum absolute atomic E-state index is 12.9. The van der Waals surface area contributed by atoms with Crippen LogP contribution in [-0.2, 0) is 9.59 Å². The van der Waals surface area contributed by atoms with Crippen LogP contribution >= 0.6 is 0 Å². The number of carboxylic acid groups (broad SMARTS) is 1. The molecule has 2 aliphatic heterocycles. The Morgan fingerprint density at radius 2 is 1.93 bits per heavy atom. The second kappa shape index (κ2) is 8.21. The number of halogens is 1. The lowest BCUT2D eigenvalue weighted by Gasteiger charge is -2.48. The van der Waals surface area contributed by atoms with Crippen LogP contribution in [0.4, 0.5) is 4.39 Å². The Bertz CT molecular complexity index is 709. The van der Waals surface area contributed by atoms with E-state index in [2.05, 4.69) is 11.0 Å². The number of nitrogens with zero attached hydrogens (tertiary/aromatic N) is 2. The van der Waals surface area contributed by atoms with Crippen molar-refractivity contribution in [1.82, 2.24) is 9.80 Å². The normalized spacial score (nSPS) is 21.7. The molecular formula is C21H27FN2O3. The number of piperidine rings is 2. The maximum Gasteiger partial charge on any atom is 0.326 e. The molecule has 0 aromatic heterocycles. The Kier molecular flexibility index (Phi) is 5.95. The number of hydrogen-bond acceptors (Lipinski definition) is 3. The van der Waals surface area contributed by atoms with E-state index in [-0.39, 0.29) is 17.1 Å². The van der Waals surface area contributed by atoms with Crippen LogP contribution in [0.15, 0.2) is 30.3 Å². The lowest BCUT2D eigenvalue weighted by molar-refractivity contribution is -0.154. The van der Waals surface area contributed by atoms with Gasteiger partial charge < -0.3 is 10.0 Å². The maximum atomic E-state index is 12.9. The molecular weight excluding hydrogens is 347 g/mol. The minimum atomic E-state index is -0.941. The first-order valence-corrected chi connectivity index (χ1v) is 9.55. The van der Waals surface area contributed by atoms with Crippen molar-refractivity contribution >= 4 is 18.0 Å². The van der Waals surface area contributed by atoms with Crippen LogP contribution < -0.4 is 0 Å². The summed E-state index contributed by atoms with van der Waals surface area (Å²) in [4.78, 5) is 27.4. The highest BCUT2D eigenvalue weighted by Crippen LogP contribution is 2.40. The van der Waals surface area contributed by atoms with E-state index in [9.17, 15) is 19.1 Å². The van der Waals surface area contributed by atoms with Gasteiger partial charge in [-0.3, -0.25) is 9.69 Å². The van der Waals surface area contributed by atoms with Crippen LogP contribution in [0.2, 0.25) is 0 Å². The highest BCUT2D eigenvalue weighted by atomic mass is 19.1. The molecule has 146 valence electrons. The molecule has 1 aromatic rings.